The minimum atomic E-state index is 0.752. The summed E-state index contributed by atoms with van der Waals surface area (Å²) in [5, 5.41) is 0.752. The number of hydrogen-bond donors (Lipinski definition) is 0. The second-order valence-corrected chi connectivity index (χ2v) is 2.37. The molecule has 0 bridgehead atoms. The van der Waals surface area contributed by atoms with E-state index < -0.39 is 0 Å². The van der Waals surface area contributed by atoms with Gasteiger partial charge in [-0.3, -0.25) is 4.98 Å². The molecular weight excluding hydrogens is 190 g/mol. The van der Waals surface area contributed by atoms with Crippen molar-refractivity contribution in [3.63, 3.8) is 0 Å². The van der Waals surface area contributed by atoms with Crippen molar-refractivity contribution in [1.29, 1.82) is 0 Å². The van der Waals surface area contributed by atoms with E-state index in [1.807, 2.05) is 12.1 Å². The first kappa shape index (κ1) is 7.30. The maximum atomic E-state index is 5.18. The SMILES string of the molecule is C#Cc1ccnc(CBr)c1. The Balaban J connectivity index is 3.01. The van der Waals surface area contributed by atoms with E-state index in [-0.39, 0.29) is 0 Å². The standard InChI is InChI=1S/C8H6BrN/c1-2-7-3-4-10-8(5-7)6-9/h1,3-5H,6H2. The van der Waals surface area contributed by atoms with Crippen LogP contribution in [0.15, 0.2) is 18.3 Å². The average Bonchev–Trinajstić information content (AvgIpc) is 2.05. The van der Waals surface area contributed by atoms with Gasteiger partial charge in [0.25, 0.3) is 0 Å². The summed E-state index contributed by atoms with van der Waals surface area (Å²) in [6.07, 6.45) is 6.89. The normalized spacial score (nSPS) is 8.80. The molecule has 1 nitrogen and oxygen atoms in total. The van der Waals surface area contributed by atoms with Crippen LogP contribution in [0.25, 0.3) is 0 Å². The fourth-order valence-electron chi connectivity index (χ4n) is 0.641. The van der Waals surface area contributed by atoms with Crippen LogP contribution in [-0.2, 0) is 5.33 Å². The number of pyridine rings is 1. The molecule has 0 N–H and O–H groups in total. The summed E-state index contributed by atoms with van der Waals surface area (Å²) < 4.78 is 0. The van der Waals surface area contributed by atoms with Gasteiger partial charge in [0.2, 0.25) is 0 Å². The molecule has 0 aliphatic heterocycles. The van der Waals surface area contributed by atoms with Crippen LogP contribution in [0.2, 0.25) is 0 Å². The highest BCUT2D eigenvalue weighted by Crippen LogP contribution is 2.03. The van der Waals surface area contributed by atoms with Crippen LogP contribution in [0, 0.1) is 12.3 Å². The van der Waals surface area contributed by atoms with E-state index in [0.29, 0.717) is 0 Å². The predicted octanol–water partition coefficient (Wildman–Crippen LogP) is 1.96. The molecule has 1 rings (SSSR count). The molecule has 1 aromatic rings. The van der Waals surface area contributed by atoms with Gasteiger partial charge >= 0.3 is 0 Å². The van der Waals surface area contributed by atoms with Gasteiger partial charge < -0.3 is 0 Å². The zero-order valence-corrected chi connectivity index (χ0v) is 6.93. The highest BCUT2D eigenvalue weighted by atomic mass is 79.9. The van der Waals surface area contributed by atoms with Crippen LogP contribution in [0.3, 0.4) is 0 Å². The Labute approximate surface area is 68.6 Å². The van der Waals surface area contributed by atoms with Crippen molar-refractivity contribution >= 4 is 15.9 Å². The van der Waals surface area contributed by atoms with Crippen molar-refractivity contribution in [3.8, 4) is 12.3 Å². The Morgan fingerprint density at radius 2 is 2.50 bits per heavy atom. The third-order valence-corrected chi connectivity index (χ3v) is 1.69. The van der Waals surface area contributed by atoms with Crippen LogP contribution in [-0.4, -0.2) is 4.98 Å². The number of aromatic nitrogens is 1. The zero-order chi connectivity index (χ0) is 7.40. The van der Waals surface area contributed by atoms with Gasteiger partial charge in [0, 0.05) is 17.1 Å². The second kappa shape index (κ2) is 3.38. The quantitative estimate of drug-likeness (QED) is 0.494. The van der Waals surface area contributed by atoms with Crippen LogP contribution in [0.1, 0.15) is 11.3 Å². The minimum Gasteiger partial charge on any atom is -0.260 e. The largest absolute Gasteiger partial charge is 0.260 e. The molecule has 0 radical (unpaired) electrons. The monoisotopic (exact) mass is 195 g/mol. The van der Waals surface area contributed by atoms with E-state index in [2.05, 4.69) is 26.8 Å². The van der Waals surface area contributed by atoms with Gasteiger partial charge in [0.15, 0.2) is 0 Å². The topological polar surface area (TPSA) is 12.9 Å². The number of terminal acetylenes is 1. The van der Waals surface area contributed by atoms with E-state index in [0.717, 1.165) is 16.6 Å². The Morgan fingerprint density at radius 3 is 3.10 bits per heavy atom. The lowest BCUT2D eigenvalue weighted by Gasteiger charge is -1.93. The van der Waals surface area contributed by atoms with E-state index in [1.165, 1.54) is 0 Å². The molecule has 0 spiro atoms. The molecule has 0 saturated heterocycles. The third-order valence-electron chi connectivity index (χ3n) is 1.12. The maximum Gasteiger partial charge on any atom is 0.0521 e. The molecule has 50 valence electrons. The Morgan fingerprint density at radius 1 is 1.70 bits per heavy atom. The van der Waals surface area contributed by atoms with Gasteiger partial charge in [-0.05, 0) is 12.1 Å². The molecule has 0 aromatic carbocycles. The number of rotatable bonds is 1. The Bertz CT molecular complexity index is 262. The van der Waals surface area contributed by atoms with Crippen molar-refractivity contribution in [3.05, 3.63) is 29.6 Å². The van der Waals surface area contributed by atoms with Crippen LogP contribution in [0.4, 0.5) is 0 Å². The van der Waals surface area contributed by atoms with Gasteiger partial charge in [-0.2, -0.15) is 0 Å². The van der Waals surface area contributed by atoms with Gasteiger partial charge in [-0.1, -0.05) is 21.9 Å². The van der Waals surface area contributed by atoms with E-state index in [4.69, 9.17) is 6.42 Å². The molecule has 0 aliphatic carbocycles. The summed E-state index contributed by atoms with van der Waals surface area (Å²) in [5.41, 5.74) is 1.85. The van der Waals surface area contributed by atoms with Crippen molar-refractivity contribution in [2.45, 2.75) is 5.33 Å². The first-order valence-electron chi connectivity index (χ1n) is 2.84. The van der Waals surface area contributed by atoms with Crippen molar-refractivity contribution in [2.24, 2.45) is 0 Å². The molecule has 2 heteroatoms. The highest BCUT2D eigenvalue weighted by Gasteiger charge is 1.90. The lowest BCUT2D eigenvalue weighted by atomic mass is 10.2. The lowest BCUT2D eigenvalue weighted by molar-refractivity contribution is 1.18. The van der Waals surface area contributed by atoms with Crippen LogP contribution >= 0.6 is 15.9 Å². The summed E-state index contributed by atoms with van der Waals surface area (Å²) in [7, 11) is 0. The molecule has 0 fully saturated rings. The number of halogens is 1. The van der Waals surface area contributed by atoms with Crippen LogP contribution < -0.4 is 0 Å². The molecule has 10 heavy (non-hydrogen) atoms. The van der Waals surface area contributed by atoms with Crippen LogP contribution in [0.5, 0.6) is 0 Å². The van der Waals surface area contributed by atoms with Gasteiger partial charge in [-0.25, -0.2) is 0 Å². The van der Waals surface area contributed by atoms with Gasteiger partial charge in [-0.15, -0.1) is 6.42 Å². The molecule has 1 heterocycles. The first-order chi connectivity index (χ1) is 4.86. The molecular formula is C8H6BrN. The number of alkyl halides is 1. The van der Waals surface area contributed by atoms with Gasteiger partial charge in [0.05, 0.1) is 5.69 Å². The van der Waals surface area contributed by atoms with E-state index >= 15 is 0 Å². The lowest BCUT2D eigenvalue weighted by Crippen LogP contribution is -1.84. The smallest absolute Gasteiger partial charge is 0.0521 e. The van der Waals surface area contributed by atoms with Crippen molar-refractivity contribution in [2.75, 3.05) is 0 Å². The molecule has 0 saturated carbocycles. The first-order valence-corrected chi connectivity index (χ1v) is 3.96. The fraction of sp³-hybridized carbons (Fsp3) is 0.125. The minimum absolute atomic E-state index is 0.752. The fourth-order valence-corrected chi connectivity index (χ4v) is 0.948. The summed E-state index contributed by atoms with van der Waals surface area (Å²) in [4.78, 5) is 4.06. The molecule has 0 atom stereocenters. The second-order valence-electron chi connectivity index (χ2n) is 1.81. The maximum absolute atomic E-state index is 5.18. The summed E-state index contributed by atoms with van der Waals surface area (Å²) >= 11 is 3.29. The highest BCUT2D eigenvalue weighted by molar-refractivity contribution is 9.08. The molecule has 0 aliphatic rings. The molecule has 1 aromatic heterocycles. The van der Waals surface area contributed by atoms with E-state index in [1.54, 1.807) is 6.20 Å². The zero-order valence-electron chi connectivity index (χ0n) is 5.34. The predicted molar refractivity (Wildman–Crippen MR) is 44.8 cm³/mol. The van der Waals surface area contributed by atoms with Crippen molar-refractivity contribution in [1.82, 2.24) is 4.98 Å². The Hall–Kier alpha value is -0.810. The summed E-state index contributed by atoms with van der Waals surface area (Å²) in [5.74, 6) is 2.54. The van der Waals surface area contributed by atoms with Crippen molar-refractivity contribution < 1.29 is 0 Å². The summed E-state index contributed by atoms with van der Waals surface area (Å²) in [6.45, 7) is 0. The molecule has 0 amide bonds. The number of hydrogen-bond acceptors (Lipinski definition) is 1. The average molecular weight is 196 g/mol. The van der Waals surface area contributed by atoms with Gasteiger partial charge in [0.1, 0.15) is 0 Å². The summed E-state index contributed by atoms with van der Waals surface area (Å²) in [6, 6.07) is 3.70. The number of nitrogens with zero attached hydrogens (tertiary/aromatic N) is 1. The molecule has 0 unspecified atom stereocenters. The third kappa shape index (κ3) is 1.58. The van der Waals surface area contributed by atoms with E-state index in [9.17, 15) is 0 Å². The Kier molecular flexibility index (Phi) is 2.47.